The summed E-state index contributed by atoms with van der Waals surface area (Å²) >= 11 is 0. The van der Waals surface area contributed by atoms with E-state index in [9.17, 15) is 0 Å². The summed E-state index contributed by atoms with van der Waals surface area (Å²) in [4.78, 5) is 0. The van der Waals surface area contributed by atoms with Crippen LogP contribution in [0, 0.1) is 6.92 Å². The Morgan fingerprint density at radius 1 is 1.06 bits per heavy atom. The molecule has 0 fully saturated rings. The fraction of sp³-hybridized carbons (Fsp3) is 0.385. The highest BCUT2D eigenvalue weighted by atomic mass is 16.5. The van der Waals surface area contributed by atoms with Crippen LogP contribution in [0.5, 0.6) is 5.75 Å². The van der Waals surface area contributed by atoms with Crippen molar-refractivity contribution in [2.75, 3.05) is 26.4 Å². The van der Waals surface area contributed by atoms with Gasteiger partial charge >= 0.3 is 0 Å². The number of hydrogen-bond donors (Lipinski definition) is 0. The van der Waals surface area contributed by atoms with Crippen molar-refractivity contribution in [2.24, 2.45) is 0 Å². The smallest absolute Gasteiger partial charge is 0.119 e. The van der Waals surface area contributed by atoms with Gasteiger partial charge in [0.25, 0.3) is 0 Å². The van der Waals surface area contributed by atoms with Crippen LogP contribution in [0.15, 0.2) is 37.1 Å². The molecule has 0 radical (unpaired) electrons. The van der Waals surface area contributed by atoms with Gasteiger partial charge in [-0.15, -0.1) is 0 Å². The number of ether oxygens (including phenoxy) is 3. The first-order valence-electron chi connectivity index (χ1n) is 5.32. The molecule has 0 amide bonds. The maximum absolute atomic E-state index is 5.48. The van der Waals surface area contributed by atoms with Gasteiger partial charge in [-0.25, -0.2) is 0 Å². The van der Waals surface area contributed by atoms with Crippen molar-refractivity contribution >= 4 is 0 Å². The Bertz CT molecular complexity index is 293. The average molecular weight is 222 g/mol. The lowest BCUT2D eigenvalue weighted by atomic mass is 10.2. The van der Waals surface area contributed by atoms with E-state index in [1.54, 1.807) is 0 Å². The predicted molar refractivity (Wildman–Crippen MR) is 63.6 cm³/mol. The van der Waals surface area contributed by atoms with Gasteiger partial charge in [-0.1, -0.05) is 24.3 Å². The highest BCUT2D eigenvalue weighted by molar-refractivity contribution is 5.26. The van der Waals surface area contributed by atoms with Gasteiger partial charge in [-0.3, -0.25) is 0 Å². The maximum Gasteiger partial charge on any atom is 0.119 e. The maximum atomic E-state index is 5.48. The van der Waals surface area contributed by atoms with Crippen molar-refractivity contribution in [1.82, 2.24) is 0 Å². The fourth-order valence-electron chi connectivity index (χ4n) is 1.15. The summed E-state index contributed by atoms with van der Waals surface area (Å²) in [5.74, 6) is 0.872. The number of rotatable bonds is 8. The minimum atomic E-state index is 0.536. The third-order valence-corrected chi connectivity index (χ3v) is 1.98. The molecule has 0 spiro atoms. The molecule has 16 heavy (non-hydrogen) atoms. The molecule has 0 aliphatic carbocycles. The molecule has 88 valence electrons. The molecule has 0 aliphatic rings. The van der Waals surface area contributed by atoms with Crippen molar-refractivity contribution < 1.29 is 14.2 Å². The van der Waals surface area contributed by atoms with Crippen LogP contribution >= 0.6 is 0 Å². The van der Waals surface area contributed by atoms with Gasteiger partial charge < -0.3 is 14.2 Å². The molecule has 1 rings (SSSR count). The lowest BCUT2D eigenvalue weighted by molar-refractivity contribution is 0.0654. The van der Waals surface area contributed by atoms with Crippen molar-refractivity contribution in [2.45, 2.75) is 6.92 Å². The van der Waals surface area contributed by atoms with E-state index in [1.165, 1.54) is 11.8 Å². The molecule has 0 bridgehead atoms. The van der Waals surface area contributed by atoms with Crippen LogP contribution in [0.3, 0.4) is 0 Å². The van der Waals surface area contributed by atoms with Gasteiger partial charge in [0.1, 0.15) is 19.0 Å². The van der Waals surface area contributed by atoms with E-state index in [2.05, 4.69) is 6.58 Å². The van der Waals surface area contributed by atoms with Gasteiger partial charge in [-0.2, -0.15) is 0 Å². The van der Waals surface area contributed by atoms with E-state index in [1.807, 2.05) is 31.2 Å². The first-order chi connectivity index (χ1) is 7.83. The lowest BCUT2D eigenvalue weighted by Gasteiger charge is -2.07. The molecule has 0 heterocycles. The Balaban J connectivity index is 2.02. The topological polar surface area (TPSA) is 27.7 Å². The van der Waals surface area contributed by atoms with Crippen molar-refractivity contribution in [1.29, 1.82) is 0 Å². The van der Waals surface area contributed by atoms with Crippen LogP contribution in [0.4, 0.5) is 0 Å². The molecule has 0 unspecified atom stereocenters. The first-order valence-corrected chi connectivity index (χ1v) is 5.32. The Labute approximate surface area is 96.6 Å². The molecule has 1 aromatic carbocycles. The van der Waals surface area contributed by atoms with Crippen molar-refractivity contribution in [3.8, 4) is 5.75 Å². The highest BCUT2D eigenvalue weighted by Gasteiger charge is 1.93. The minimum Gasteiger partial charge on any atom is -0.499 e. The summed E-state index contributed by atoms with van der Waals surface area (Å²) in [5, 5.41) is 0. The summed E-state index contributed by atoms with van der Waals surface area (Å²) < 4.78 is 15.7. The summed E-state index contributed by atoms with van der Waals surface area (Å²) in [6.07, 6.45) is 1.41. The number of aryl methyl sites for hydroxylation is 1. The Morgan fingerprint density at radius 3 is 2.44 bits per heavy atom. The molecule has 0 N–H and O–H groups in total. The molecule has 0 aliphatic heterocycles. The third-order valence-electron chi connectivity index (χ3n) is 1.98. The third kappa shape index (κ3) is 5.41. The van der Waals surface area contributed by atoms with E-state index >= 15 is 0 Å². The van der Waals surface area contributed by atoms with E-state index in [4.69, 9.17) is 14.2 Å². The van der Waals surface area contributed by atoms with Crippen molar-refractivity contribution in [3.05, 3.63) is 42.7 Å². The summed E-state index contributed by atoms with van der Waals surface area (Å²) in [5.41, 5.74) is 1.23. The van der Waals surface area contributed by atoms with Gasteiger partial charge in [0, 0.05) is 0 Å². The van der Waals surface area contributed by atoms with Crippen LogP contribution < -0.4 is 4.74 Å². The van der Waals surface area contributed by atoms with Crippen LogP contribution in [0.2, 0.25) is 0 Å². The van der Waals surface area contributed by atoms with E-state index in [0.717, 1.165) is 5.75 Å². The fourth-order valence-corrected chi connectivity index (χ4v) is 1.15. The highest BCUT2D eigenvalue weighted by Crippen LogP contribution is 2.10. The number of benzene rings is 1. The Kier molecular flexibility index (Phi) is 6.11. The molecule has 0 saturated carbocycles. The van der Waals surface area contributed by atoms with Gasteiger partial charge in [0.2, 0.25) is 0 Å². The molecule has 0 aromatic heterocycles. The molecule has 3 heteroatoms. The average Bonchev–Trinajstić information content (AvgIpc) is 2.30. The first kappa shape index (κ1) is 12.6. The Hall–Kier alpha value is -1.48. The summed E-state index contributed by atoms with van der Waals surface area (Å²) in [7, 11) is 0. The quantitative estimate of drug-likeness (QED) is 0.499. The molecular formula is C13H18O3. The van der Waals surface area contributed by atoms with Crippen LogP contribution in [0.1, 0.15) is 5.56 Å². The lowest BCUT2D eigenvalue weighted by Crippen LogP contribution is -2.09. The van der Waals surface area contributed by atoms with Gasteiger partial charge in [-0.05, 0) is 19.1 Å². The van der Waals surface area contributed by atoms with Crippen molar-refractivity contribution in [3.63, 3.8) is 0 Å². The molecule has 0 saturated heterocycles. The second-order valence-corrected chi connectivity index (χ2v) is 3.31. The van der Waals surface area contributed by atoms with E-state index in [-0.39, 0.29) is 0 Å². The second kappa shape index (κ2) is 7.77. The zero-order chi connectivity index (χ0) is 11.6. The van der Waals surface area contributed by atoms with Gasteiger partial charge in [0.05, 0.1) is 19.5 Å². The number of hydrogen-bond acceptors (Lipinski definition) is 3. The van der Waals surface area contributed by atoms with E-state index < -0.39 is 0 Å². The standard InChI is InChI=1S/C13H18O3/c1-3-14-8-9-15-10-11-16-13-6-4-12(2)5-7-13/h3-7H,1,8-11H2,2H3. The normalized spacial score (nSPS) is 9.81. The zero-order valence-electron chi connectivity index (χ0n) is 9.65. The Morgan fingerprint density at radius 2 is 1.75 bits per heavy atom. The van der Waals surface area contributed by atoms with Crippen LogP contribution in [0.25, 0.3) is 0 Å². The molecular weight excluding hydrogens is 204 g/mol. The predicted octanol–water partition coefficient (Wildman–Crippen LogP) is 2.55. The van der Waals surface area contributed by atoms with Crippen LogP contribution in [-0.4, -0.2) is 26.4 Å². The summed E-state index contributed by atoms with van der Waals surface area (Å²) in [6, 6.07) is 7.95. The van der Waals surface area contributed by atoms with Crippen LogP contribution in [-0.2, 0) is 9.47 Å². The SMILES string of the molecule is C=COCCOCCOc1ccc(C)cc1. The van der Waals surface area contributed by atoms with E-state index in [0.29, 0.717) is 26.4 Å². The minimum absolute atomic E-state index is 0.536. The summed E-state index contributed by atoms with van der Waals surface area (Å²) in [6.45, 7) is 7.70. The zero-order valence-corrected chi connectivity index (χ0v) is 9.65. The molecule has 1 aromatic rings. The van der Waals surface area contributed by atoms with Gasteiger partial charge in [0.15, 0.2) is 0 Å². The largest absolute Gasteiger partial charge is 0.499 e. The monoisotopic (exact) mass is 222 g/mol. The second-order valence-electron chi connectivity index (χ2n) is 3.31. The molecule has 0 atom stereocenters. The molecule has 3 nitrogen and oxygen atoms in total.